The molecule has 43 heavy (non-hydrogen) atoms. The normalized spacial score (nSPS) is 16.8. The van der Waals surface area contributed by atoms with Crippen LogP contribution in [0.3, 0.4) is 0 Å². The Morgan fingerprint density at radius 2 is 2.02 bits per heavy atom. The number of ether oxygens (including phenoxy) is 2. The summed E-state index contributed by atoms with van der Waals surface area (Å²) in [6, 6.07) is 12.7. The third kappa shape index (κ3) is 5.53. The molecule has 1 aliphatic carbocycles. The van der Waals surface area contributed by atoms with Crippen molar-refractivity contribution in [3.63, 3.8) is 0 Å². The number of carbonyl (C=O) groups excluding carboxylic acids is 1. The van der Waals surface area contributed by atoms with E-state index in [0.717, 1.165) is 24.1 Å². The number of benzene rings is 1. The first-order chi connectivity index (χ1) is 22.7. The maximum Gasteiger partial charge on any atom is 0.228 e. The van der Waals surface area contributed by atoms with E-state index in [1.54, 1.807) is 24.3 Å². The minimum atomic E-state index is -2.31. The molecule has 5 aromatic rings. The lowest BCUT2D eigenvalue weighted by molar-refractivity contribution is -0.117. The third-order valence-electron chi connectivity index (χ3n) is 7.67. The molecule has 12 heteroatoms. The number of aromatic nitrogens is 6. The van der Waals surface area contributed by atoms with E-state index in [4.69, 9.17) is 30.0 Å². The second kappa shape index (κ2) is 11.4. The number of anilines is 3. The molecule has 0 atom stereocenters. The Hall–Kier alpha value is -4.84. The van der Waals surface area contributed by atoms with E-state index in [-0.39, 0.29) is 36.9 Å². The van der Waals surface area contributed by atoms with Crippen LogP contribution >= 0.6 is 0 Å². The van der Waals surface area contributed by atoms with Crippen LogP contribution in [0.2, 0.25) is 0 Å². The quantitative estimate of drug-likeness (QED) is 0.273. The van der Waals surface area contributed by atoms with Crippen LogP contribution in [0.25, 0.3) is 27.9 Å². The second-order valence-electron chi connectivity index (χ2n) is 10.6. The van der Waals surface area contributed by atoms with Crippen molar-refractivity contribution in [1.29, 1.82) is 0 Å². The van der Waals surface area contributed by atoms with Gasteiger partial charge in [0.15, 0.2) is 23.1 Å². The van der Waals surface area contributed by atoms with Crippen molar-refractivity contribution in [2.75, 3.05) is 55.1 Å². The van der Waals surface area contributed by atoms with E-state index >= 15 is 0 Å². The lowest BCUT2D eigenvalue weighted by Crippen LogP contribution is -2.36. The fourth-order valence-electron chi connectivity index (χ4n) is 5.13. The zero-order valence-electron chi connectivity index (χ0n) is 27.7. The summed E-state index contributed by atoms with van der Waals surface area (Å²) in [7, 11) is 1.58. The number of methoxy groups -OCH3 is 1. The highest BCUT2D eigenvalue weighted by atomic mass is 16.5. The van der Waals surface area contributed by atoms with Gasteiger partial charge in [0.2, 0.25) is 5.91 Å². The highest BCUT2D eigenvalue weighted by molar-refractivity contribution is 6.01. The predicted octanol–water partition coefficient (Wildman–Crippen LogP) is 3.95. The van der Waals surface area contributed by atoms with Gasteiger partial charge in [-0.15, -0.1) is 15.3 Å². The lowest BCUT2D eigenvalue weighted by Gasteiger charge is -2.28. The number of nitrogens with one attached hydrogen (secondary N) is 1. The number of morpholine rings is 1. The van der Waals surface area contributed by atoms with Gasteiger partial charge in [0.05, 0.1) is 33.6 Å². The van der Waals surface area contributed by atoms with Crippen molar-refractivity contribution < 1.29 is 19.8 Å². The zero-order valence-corrected chi connectivity index (χ0v) is 23.7. The van der Waals surface area contributed by atoms with Gasteiger partial charge in [-0.05, 0) is 55.6 Å². The van der Waals surface area contributed by atoms with Gasteiger partial charge >= 0.3 is 0 Å². The number of rotatable bonds is 9. The molecule has 1 aliphatic heterocycles. The van der Waals surface area contributed by atoms with Crippen LogP contribution in [-0.2, 0) is 16.1 Å². The summed E-state index contributed by atoms with van der Waals surface area (Å²) in [6.45, 7) is 0.130. The predicted molar refractivity (Wildman–Crippen MR) is 163 cm³/mol. The van der Waals surface area contributed by atoms with Crippen molar-refractivity contribution in [3.8, 4) is 17.1 Å². The largest absolute Gasteiger partial charge is 0.497 e. The van der Waals surface area contributed by atoms with Crippen LogP contribution in [0, 0.1) is 5.92 Å². The molecule has 5 heterocycles. The Labute approximate surface area is 254 Å². The number of fused-ring (bicyclic) bond motifs is 2. The van der Waals surface area contributed by atoms with Gasteiger partial charge < -0.3 is 24.6 Å². The van der Waals surface area contributed by atoms with Crippen LogP contribution in [0.5, 0.6) is 5.75 Å². The van der Waals surface area contributed by atoms with Crippen molar-refractivity contribution >= 4 is 39.8 Å². The summed E-state index contributed by atoms with van der Waals surface area (Å²) < 4.78 is 45.3. The van der Waals surface area contributed by atoms with Gasteiger partial charge in [0.25, 0.3) is 0 Å². The highest BCUT2D eigenvalue weighted by Crippen LogP contribution is 2.34. The average molecular weight is 584 g/mol. The summed E-state index contributed by atoms with van der Waals surface area (Å²) in [5.74, 6) is 1.37. The van der Waals surface area contributed by atoms with Crippen molar-refractivity contribution in [2.24, 2.45) is 5.92 Å². The van der Waals surface area contributed by atoms with Crippen molar-refractivity contribution in [1.82, 2.24) is 29.8 Å². The first-order valence-electron chi connectivity index (χ1n) is 16.2. The number of hydrogen-bond donors (Lipinski definition) is 1. The average Bonchev–Trinajstić information content (AvgIpc) is 3.83. The van der Waals surface area contributed by atoms with Gasteiger partial charge in [0.1, 0.15) is 11.3 Å². The topological polar surface area (TPSA) is 123 Å². The van der Waals surface area contributed by atoms with E-state index in [2.05, 4.69) is 20.4 Å². The molecule has 0 unspecified atom stereocenters. The number of amides is 1. The first-order valence-corrected chi connectivity index (χ1v) is 14.2. The second-order valence-corrected chi connectivity index (χ2v) is 10.6. The molecule has 1 saturated heterocycles. The molecule has 1 amide bonds. The van der Waals surface area contributed by atoms with Gasteiger partial charge in [-0.2, -0.15) is 0 Å². The smallest absolute Gasteiger partial charge is 0.228 e. The van der Waals surface area contributed by atoms with Crippen LogP contribution in [0.4, 0.5) is 17.3 Å². The van der Waals surface area contributed by atoms with Crippen LogP contribution in [0.15, 0.2) is 54.8 Å². The molecule has 1 N–H and O–H groups in total. The van der Waals surface area contributed by atoms with E-state index in [0.29, 0.717) is 65.8 Å². The Kier molecular flexibility index (Phi) is 6.05. The Bertz CT molecular complexity index is 1940. The Morgan fingerprint density at radius 1 is 1.19 bits per heavy atom. The maximum absolute atomic E-state index is 12.6. The zero-order chi connectivity index (χ0) is 32.7. The van der Waals surface area contributed by atoms with Gasteiger partial charge in [-0.3, -0.25) is 4.79 Å². The molecule has 1 saturated carbocycles. The fraction of sp³-hybridized carbons (Fsp3) is 0.355. The van der Waals surface area contributed by atoms with E-state index in [1.165, 1.54) is 4.52 Å². The summed E-state index contributed by atoms with van der Waals surface area (Å²) in [5, 5.41) is 16.8. The van der Waals surface area contributed by atoms with E-state index in [1.807, 2.05) is 36.4 Å². The summed E-state index contributed by atoms with van der Waals surface area (Å²) in [6.07, 6.45) is 3.43. The van der Waals surface area contributed by atoms with Crippen LogP contribution in [-0.4, -0.2) is 75.6 Å². The maximum atomic E-state index is 12.6. The Morgan fingerprint density at radius 3 is 2.79 bits per heavy atom. The number of pyridine rings is 2. The molecule has 7 rings (SSSR count). The SMILES string of the molecule is [2H]c1c(N2CCOCC2)ccc2nc(-c3cnc(N(Cc4ccc(OC)cc4)CC([2H])([2H])[2H])c4nnc(NC(=O)C5CC5)cc34)nn12. The van der Waals surface area contributed by atoms with Crippen LogP contribution < -0.4 is 19.9 Å². The lowest BCUT2D eigenvalue weighted by atomic mass is 10.1. The molecule has 12 nitrogen and oxygen atoms in total. The molecular formula is C31H33N9O3. The fourth-order valence-corrected chi connectivity index (χ4v) is 5.13. The van der Waals surface area contributed by atoms with E-state index in [9.17, 15) is 4.79 Å². The molecule has 4 aromatic heterocycles. The molecule has 2 fully saturated rings. The summed E-state index contributed by atoms with van der Waals surface area (Å²) >= 11 is 0. The van der Waals surface area contributed by atoms with Gasteiger partial charge in [0, 0.05) is 53.4 Å². The highest BCUT2D eigenvalue weighted by Gasteiger charge is 2.30. The molecule has 2 aliphatic rings. The third-order valence-corrected chi connectivity index (χ3v) is 7.67. The monoisotopic (exact) mass is 583 g/mol. The minimum absolute atomic E-state index is 0.0458. The molecule has 0 radical (unpaired) electrons. The molecular weight excluding hydrogens is 546 g/mol. The van der Waals surface area contributed by atoms with Crippen molar-refractivity contribution in [3.05, 3.63) is 60.4 Å². The summed E-state index contributed by atoms with van der Waals surface area (Å²) in [5.41, 5.74) is 2.87. The minimum Gasteiger partial charge on any atom is -0.497 e. The molecule has 0 bridgehead atoms. The first kappa shape index (κ1) is 22.7. The van der Waals surface area contributed by atoms with Gasteiger partial charge in [-0.1, -0.05) is 12.1 Å². The van der Waals surface area contributed by atoms with Crippen LogP contribution in [0.1, 0.15) is 30.7 Å². The number of hydrogen-bond acceptors (Lipinski definition) is 10. The molecule has 220 valence electrons. The number of nitrogens with zero attached hydrogens (tertiary/aromatic N) is 8. The Balaban J connectivity index is 1.33. The molecule has 0 spiro atoms. The van der Waals surface area contributed by atoms with Gasteiger partial charge in [-0.25, -0.2) is 14.5 Å². The van der Waals surface area contributed by atoms with E-state index < -0.39 is 6.85 Å². The summed E-state index contributed by atoms with van der Waals surface area (Å²) in [4.78, 5) is 25.8. The molecule has 1 aromatic carbocycles. The van der Waals surface area contributed by atoms with Crippen molar-refractivity contribution in [2.45, 2.75) is 26.2 Å². The standard InChI is InChI=1S/C31H33N9O3/c1-3-38(18-20-4-9-23(42-2)10-5-20)30-28-24(16-26(35-36-28)33-31(41)21-6-7-21)25(17-32-30)29-34-27-11-8-22(19-40(27)37-29)39-12-14-43-15-13-39/h4-5,8-11,16-17,19,21H,3,6-7,12-15,18H2,1-2H3,(H,33,35,41)/i1D3,19D. The number of carbonyl (C=O) groups is 1.